The van der Waals surface area contributed by atoms with Gasteiger partial charge in [0.2, 0.25) is 5.88 Å². The summed E-state index contributed by atoms with van der Waals surface area (Å²) in [5, 5.41) is 9.01. The van der Waals surface area contributed by atoms with Crippen molar-refractivity contribution in [3.05, 3.63) is 36.1 Å². The lowest BCUT2D eigenvalue weighted by atomic mass is 10.0. The molecule has 4 nitrogen and oxygen atoms in total. The molecule has 0 aliphatic carbocycles. The van der Waals surface area contributed by atoms with E-state index >= 15 is 0 Å². The Morgan fingerprint density at radius 2 is 1.94 bits per heavy atom. The van der Waals surface area contributed by atoms with Crippen LogP contribution in [0, 0.1) is 11.3 Å². The molecule has 1 heterocycles. The van der Waals surface area contributed by atoms with Crippen LogP contribution >= 0.6 is 0 Å². The Labute approximate surface area is 106 Å². The third-order valence-corrected chi connectivity index (χ3v) is 2.47. The fourth-order valence-electron chi connectivity index (χ4n) is 1.69. The number of nitriles is 1. The Morgan fingerprint density at radius 3 is 2.50 bits per heavy atom. The highest BCUT2D eigenvalue weighted by Gasteiger charge is 2.12. The molecule has 0 fully saturated rings. The summed E-state index contributed by atoms with van der Waals surface area (Å²) >= 11 is 0. The molecule has 2 aromatic rings. The molecule has 18 heavy (non-hydrogen) atoms. The Balaban J connectivity index is 2.32. The zero-order valence-electron chi connectivity index (χ0n) is 10.3. The third-order valence-electron chi connectivity index (χ3n) is 2.47. The molecule has 0 aliphatic heterocycles. The minimum absolute atomic E-state index is 0.134. The van der Waals surface area contributed by atoms with Crippen molar-refractivity contribution in [2.24, 2.45) is 0 Å². The van der Waals surface area contributed by atoms with Gasteiger partial charge in [-0.3, -0.25) is 0 Å². The van der Waals surface area contributed by atoms with Crippen molar-refractivity contribution in [3.8, 4) is 22.9 Å². The highest BCUT2D eigenvalue weighted by molar-refractivity contribution is 5.74. The summed E-state index contributed by atoms with van der Waals surface area (Å²) in [7, 11) is 0. The Kier molecular flexibility index (Phi) is 3.24. The van der Waals surface area contributed by atoms with Gasteiger partial charge in [0.25, 0.3) is 0 Å². The summed E-state index contributed by atoms with van der Waals surface area (Å²) < 4.78 is 10.6. The van der Waals surface area contributed by atoms with Gasteiger partial charge in [-0.05, 0) is 31.5 Å². The van der Waals surface area contributed by atoms with Crippen LogP contribution in [0.2, 0.25) is 0 Å². The van der Waals surface area contributed by atoms with Crippen molar-refractivity contribution < 1.29 is 9.15 Å². The van der Waals surface area contributed by atoms with Crippen LogP contribution in [0.1, 0.15) is 19.4 Å². The molecule has 0 saturated carbocycles. The summed E-state index contributed by atoms with van der Waals surface area (Å²) in [6.45, 7) is 3.94. The van der Waals surface area contributed by atoms with Crippen molar-refractivity contribution in [3.63, 3.8) is 0 Å². The molecule has 0 saturated heterocycles. The van der Waals surface area contributed by atoms with Crippen LogP contribution in [-0.4, -0.2) is 6.10 Å². The number of benzene rings is 1. The lowest BCUT2D eigenvalue weighted by Crippen LogP contribution is -2.05. The highest BCUT2D eigenvalue weighted by atomic mass is 16.5. The predicted octanol–water partition coefficient (Wildman–Crippen LogP) is 3.19. The van der Waals surface area contributed by atoms with E-state index in [2.05, 4.69) is 0 Å². The maximum atomic E-state index is 9.01. The summed E-state index contributed by atoms with van der Waals surface area (Å²) in [6, 6.07) is 9.52. The number of ether oxygens (including phenoxy) is 1. The molecule has 0 atom stereocenters. The summed E-state index contributed by atoms with van der Waals surface area (Å²) in [6.07, 6.45) is 1.63. The van der Waals surface area contributed by atoms with E-state index in [4.69, 9.17) is 20.1 Å². The maximum Gasteiger partial charge on any atom is 0.208 e. The van der Waals surface area contributed by atoms with Crippen LogP contribution < -0.4 is 10.5 Å². The molecule has 0 spiro atoms. The van der Waals surface area contributed by atoms with Crippen LogP contribution in [0.5, 0.6) is 5.75 Å². The van der Waals surface area contributed by atoms with Crippen molar-refractivity contribution in [1.82, 2.24) is 0 Å². The van der Waals surface area contributed by atoms with Gasteiger partial charge in [0.1, 0.15) is 23.6 Å². The van der Waals surface area contributed by atoms with E-state index in [1.807, 2.05) is 44.2 Å². The molecular weight excluding hydrogens is 228 g/mol. The van der Waals surface area contributed by atoms with E-state index in [1.165, 1.54) is 6.26 Å². The number of nitrogens with zero attached hydrogens (tertiary/aromatic N) is 1. The van der Waals surface area contributed by atoms with E-state index in [-0.39, 0.29) is 12.0 Å². The fraction of sp³-hybridized carbons (Fsp3) is 0.214. The first kappa shape index (κ1) is 12.1. The molecule has 0 amide bonds. The minimum atomic E-state index is 0.134. The Hall–Kier alpha value is -2.41. The van der Waals surface area contributed by atoms with E-state index in [0.29, 0.717) is 11.1 Å². The summed E-state index contributed by atoms with van der Waals surface area (Å²) in [5.41, 5.74) is 7.52. The van der Waals surface area contributed by atoms with Gasteiger partial charge in [-0.15, -0.1) is 0 Å². The number of anilines is 1. The number of hydrogen-bond donors (Lipinski definition) is 1. The fourth-order valence-corrected chi connectivity index (χ4v) is 1.69. The van der Waals surface area contributed by atoms with Crippen LogP contribution in [0.4, 0.5) is 5.88 Å². The lowest BCUT2D eigenvalue weighted by molar-refractivity contribution is 0.242. The molecular formula is C14H14N2O2. The largest absolute Gasteiger partial charge is 0.491 e. The first-order chi connectivity index (χ1) is 8.61. The van der Waals surface area contributed by atoms with Crippen molar-refractivity contribution in [2.45, 2.75) is 20.0 Å². The standard InChI is InChI=1S/C14H14N2O2/c1-9(2)18-11-5-3-10(4-6-11)13-8-17-14(16)12(13)7-15/h3-6,8-9H,16H2,1-2H3. The normalized spacial score (nSPS) is 10.3. The smallest absolute Gasteiger partial charge is 0.208 e. The molecule has 0 bridgehead atoms. The average molecular weight is 242 g/mol. The zero-order valence-corrected chi connectivity index (χ0v) is 10.3. The van der Waals surface area contributed by atoms with Gasteiger partial charge in [0, 0.05) is 5.56 Å². The van der Waals surface area contributed by atoms with E-state index < -0.39 is 0 Å². The van der Waals surface area contributed by atoms with Crippen molar-refractivity contribution in [2.75, 3.05) is 5.73 Å². The highest BCUT2D eigenvalue weighted by Crippen LogP contribution is 2.30. The van der Waals surface area contributed by atoms with E-state index in [9.17, 15) is 0 Å². The maximum absolute atomic E-state index is 9.01. The van der Waals surface area contributed by atoms with Gasteiger partial charge in [-0.25, -0.2) is 0 Å². The number of nitrogen functional groups attached to an aromatic ring is 1. The molecule has 1 aromatic heterocycles. The second-order valence-corrected chi connectivity index (χ2v) is 4.19. The van der Waals surface area contributed by atoms with Gasteiger partial charge in [0.05, 0.1) is 6.10 Å². The molecule has 0 unspecified atom stereocenters. The summed E-state index contributed by atoms with van der Waals surface area (Å²) in [5.74, 6) is 0.943. The van der Waals surface area contributed by atoms with Crippen molar-refractivity contribution in [1.29, 1.82) is 5.26 Å². The second-order valence-electron chi connectivity index (χ2n) is 4.19. The molecule has 0 aliphatic rings. The number of hydrogen-bond acceptors (Lipinski definition) is 4. The monoisotopic (exact) mass is 242 g/mol. The quantitative estimate of drug-likeness (QED) is 0.897. The third kappa shape index (κ3) is 2.30. The van der Waals surface area contributed by atoms with Gasteiger partial charge >= 0.3 is 0 Å². The molecule has 0 radical (unpaired) electrons. The van der Waals surface area contributed by atoms with Crippen LogP contribution in [-0.2, 0) is 0 Å². The van der Waals surface area contributed by atoms with Crippen molar-refractivity contribution >= 4 is 5.88 Å². The van der Waals surface area contributed by atoms with Gasteiger partial charge in [-0.1, -0.05) is 12.1 Å². The van der Waals surface area contributed by atoms with Gasteiger partial charge in [-0.2, -0.15) is 5.26 Å². The van der Waals surface area contributed by atoms with Crippen LogP contribution in [0.25, 0.3) is 11.1 Å². The number of furan rings is 1. The van der Waals surface area contributed by atoms with Crippen LogP contribution in [0.3, 0.4) is 0 Å². The first-order valence-electron chi connectivity index (χ1n) is 5.66. The number of rotatable bonds is 3. The molecule has 1 aromatic carbocycles. The summed E-state index contributed by atoms with van der Waals surface area (Å²) in [4.78, 5) is 0. The zero-order chi connectivity index (χ0) is 13.1. The van der Waals surface area contributed by atoms with E-state index in [1.54, 1.807) is 0 Å². The topological polar surface area (TPSA) is 72.2 Å². The lowest BCUT2D eigenvalue weighted by Gasteiger charge is -2.09. The Bertz CT molecular complexity index is 577. The molecule has 2 N–H and O–H groups in total. The average Bonchev–Trinajstić information content (AvgIpc) is 2.70. The first-order valence-corrected chi connectivity index (χ1v) is 5.66. The van der Waals surface area contributed by atoms with Crippen LogP contribution in [0.15, 0.2) is 34.9 Å². The molecule has 4 heteroatoms. The van der Waals surface area contributed by atoms with E-state index in [0.717, 1.165) is 11.3 Å². The molecule has 92 valence electrons. The number of nitrogens with two attached hydrogens (primary N) is 1. The Morgan fingerprint density at radius 1 is 1.28 bits per heavy atom. The minimum Gasteiger partial charge on any atom is -0.491 e. The molecule has 2 rings (SSSR count). The van der Waals surface area contributed by atoms with Gasteiger partial charge in [0.15, 0.2) is 0 Å². The van der Waals surface area contributed by atoms with Gasteiger partial charge < -0.3 is 14.9 Å². The second kappa shape index (κ2) is 4.84. The SMILES string of the molecule is CC(C)Oc1ccc(-c2coc(N)c2C#N)cc1. The predicted molar refractivity (Wildman–Crippen MR) is 69.0 cm³/mol.